The van der Waals surface area contributed by atoms with Crippen molar-refractivity contribution in [2.24, 2.45) is 0 Å². The Labute approximate surface area is 116 Å². The predicted octanol–water partition coefficient (Wildman–Crippen LogP) is 2.58. The number of fused-ring (bicyclic) bond motifs is 2. The lowest BCUT2D eigenvalue weighted by Crippen LogP contribution is -2.08. The molecular formula is C15H15N3O2. The third kappa shape index (κ3) is 1.62. The summed E-state index contributed by atoms with van der Waals surface area (Å²) in [5.74, 6) is 2.63. The van der Waals surface area contributed by atoms with Gasteiger partial charge in [-0.2, -0.15) is 0 Å². The van der Waals surface area contributed by atoms with Crippen molar-refractivity contribution in [3.05, 3.63) is 35.7 Å². The monoisotopic (exact) mass is 269 g/mol. The molecule has 0 bridgehead atoms. The quantitative estimate of drug-likeness (QED) is 0.907. The number of nitrogen functional groups attached to an aromatic ring is 1. The van der Waals surface area contributed by atoms with Gasteiger partial charge in [0.2, 0.25) is 5.88 Å². The van der Waals surface area contributed by atoms with Gasteiger partial charge in [0.15, 0.2) is 0 Å². The molecule has 5 heteroatoms. The van der Waals surface area contributed by atoms with Crippen LogP contribution in [0.4, 0.5) is 5.82 Å². The van der Waals surface area contributed by atoms with Crippen LogP contribution in [-0.2, 0) is 5.41 Å². The fourth-order valence-electron chi connectivity index (χ4n) is 2.76. The number of benzene rings is 1. The molecule has 102 valence electrons. The van der Waals surface area contributed by atoms with Gasteiger partial charge in [-0.15, -0.1) is 0 Å². The van der Waals surface area contributed by atoms with E-state index in [0.717, 1.165) is 36.5 Å². The van der Waals surface area contributed by atoms with E-state index in [4.69, 9.17) is 15.2 Å². The molecular weight excluding hydrogens is 254 g/mol. The molecule has 0 unspecified atom stereocenters. The first-order valence-corrected chi connectivity index (χ1v) is 6.70. The molecule has 1 fully saturated rings. The maximum absolute atomic E-state index is 5.90. The predicted molar refractivity (Wildman–Crippen MR) is 74.1 cm³/mol. The van der Waals surface area contributed by atoms with Crippen LogP contribution in [0.2, 0.25) is 0 Å². The molecule has 1 aromatic heterocycles. The Hall–Kier alpha value is -2.30. The molecule has 1 saturated carbocycles. The van der Waals surface area contributed by atoms with Crippen LogP contribution < -0.4 is 15.2 Å². The highest BCUT2D eigenvalue weighted by molar-refractivity contribution is 5.59. The largest absolute Gasteiger partial charge is 0.492 e. The Kier molecular flexibility index (Phi) is 2.22. The van der Waals surface area contributed by atoms with E-state index in [1.807, 2.05) is 12.1 Å². The molecule has 5 nitrogen and oxygen atoms in total. The minimum atomic E-state index is 0.165. The number of aryl methyl sites for hydroxylation is 1. The summed E-state index contributed by atoms with van der Waals surface area (Å²) in [5.41, 5.74) is 8.04. The Morgan fingerprint density at radius 3 is 2.80 bits per heavy atom. The molecule has 1 aliphatic heterocycles. The SMILES string of the molecule is Cc1ccc(Oc2cnc(N)cn2)c2c1OCC21CC1. The standard InChI is InChI=1S/C15H15N3O2/c1-9-2-3-10(20-12-7-17-11(16)6-18-12)13-14(9)19-8-15(13)4-5-15/h2-3,6-7H,4-5,8H2,1H3,(H2,16,17). The van der Waals surface area contributed by atoms with Gasteiger partial charge >= 0.3 is 0 Å². The van der Waals surface area contributed by atoms with E-state index < -0.39 is 0 Å². The number of anilines is 1. The summed E-state index contributed by atoms with van der Waals surface area (Å²) < 4.78 is 11.8. The number of nitrogens with zero attached hydrogens (tertiary/aromatic N) is 2. The second-order valence-electron chi connectivity index (χ2n) is 5.54. The Bertz CT molecular complexity index is 678. The number of hydrogen-bond acceptors (Lipinski definition) is 5. The van der Waals surface area contributed by atoms with Gasteiger partial charge in [0, 0.05) is 11.0 Å². The van der Waals surface area contributed by atoms with Gasteiger partial charge < -0.3 is 15.2 Å². The molecule has 1 aromatic carbocycles. The first-order valence-electron chi connectivity index (χ1n) is 6.70. The summed E-state index contributed by atoms with van der Waals surface area (Å²) in [7, 11) is 0. The minimum Gasteiger partial charge on any atom is -0.492 e. The summed E-state index contributed by atoms with van der Waals surface area (Å²) in [6.45, 7) is 2.82. The lowest BCUT2D eigenvalue weighted by molar-refractivity contribution is 0.322. The topological polar surface area (TPSA) is 70.3 Å². The number of rotatable bonds is 2. The van der Waals surface area contributed by atoms with Gasteiger partial charge in [0.1, 0.15) is 17.3 Å². The van der Waals surface area contributed by atoms with Crippen molar-refractivity contribution < 1.29 is 9.47 Å². The summed E-state index contributed by atoms with van der Waals surface area (Å²) in [6, 6.07) is 4.00. The number of nitrogens with two attached hydrogens (primary N) is 1. The fourth-order valence-corrected chi connectivity index (χ4v) is 2.76. The summed E-state index contributed by atoms with van der Waals surface area (Å²) in [5, 5.41) is 0. The molecule has 1 aliphatic carbocycles. The Morgan fingerprint density at radius 1 is 1.25 bits per heavy atom. The summed E-state index contributed by atoms with van der Waals surface area (Å²) in [6.07, 6.45) is 5.35. The van der Waals surface area contributed by atoms with Gasteiger partial charge in [0.05, 0.1) is 19.0 Å². The van der Waals surface area contributed by atoms with Crippen LogP contribution in [0.15, 0.2) is 24.5 Å². The molecule has 2 aliphatic rings. The maximum Gasteiger partial charge on any atom is 0.237 e. The summed E-state index contributed by atoms with van der Waals surface area (Å²) >= 11 is 0. The van der Waals surface area contributed by atoms with E-state index in [1.54, 1.807) is 0 Å². The highest BCUT2D eigenvalue weighted by atomic mass is 16.5. The van der Waals surface area contributed by atoms with Crippen LogP contribution in [0.25, 0.3) is 0 Å². The highest BCUT2D eigenvalue weighted by Crippen LogP contribution is 2.59. The maximum atomic E-state index is 5.90. The lowest BCUT2D eigenvalue weighted by atomic mass is 9.95. The van der Waals surface area contributed by atoms with Gasteiger partial charge in [0.25, 0.3) is 0 Å². The van der Waals surface area contributed by atoms with Crippen LogP contribution >= 0.6 is 0 Å². The van der Waals surface area contributed by atoms with Crippen LogP contribution in [0.3, 0.4) is 0 Å². The van der Waals surface area contributed by atoms with Crippen molar-refractivity contribution in [1.82, 2.24) is 9.97 Å². The Morgan fingerprint density at radius 2 is 2.10 bits per heavy atom. The van der Waals surface area contributed by atoms with Crippen LogP contribution in [-0.4, -0.2) is 16.6 Å². The van der Waals surface area contributed by atoms with E-state index in [0.29, 0.717) is 11.7 Å². The average molecular weight is 269 g/mol. The average Bonchev–Trinajstić information content (AvgIpc) is 3.11. The van der Waals surface area contributed by atoms with Gasteiger partial charge in [-0.25, -0.2) is 9.97 Å². The Balaban J connectivity index is 1.76. The number of aromatic nitrogens is 2. The second-order valence-corrected chi connectivity index (χ2v) is 5.54. The number of ether oxygens (including phenoxy) is 2. The molecule has 2 aromatic rings. The number of hydrogen-bond donors (Lipinski definition) is 1. The zero-order valence-corrected chi connectivity index (χ0v) is 11.2. The molecule has 0 radical (unpaired) electrons. The van der Waals surface area contributed by atoms with Crippen LogP contribution in [0.5, 0.6) is 17.4 Å². The zero-order valence-electron chi connectivity index (χ0n) is 11.2. The van der Waals surface area contributed by atoms with E-state index in [-0.39, 0.29) is 5.41 Å². The molecule has 1 spiro atoms. The molecule has 0 atom stereocenters. The van der Waals surface area contributed by atoms with Crippen molar-refractivity contribution in [2.45, 2.75) is 25.2 Å². The molecule has 0 amide bonds. The van der Waals surface area contributed by atoms with Crippen LogP contribution in [0.1, 0.15) is 24.0 Å². The van der Waals surface area contributed by atoms with Gasteiger partial charge in [-0.3, -0.25) is 0 Å². The van der Waals surface area contributed by atoms with Crippen molar-refractivity contribution in [3.63, 3.8) is 0 Å². The minimum absolute atomic E-state index is 0.165. The third-order valence-electron chi connectivity index (χ3n) is 4.06. The smallest absolute Gasteiger partial charge is 0.237 e. The van der Waals surface area contributed by atoms with E-state index in [1.165, 1.54) is 18.0 Å². The normalized spacial score (nSPS) is 17.6. The second kappa shape index (κ2) is 3.85. The van der Waals surface area contributed by atoms with Gasteiger partial charge in [-0.05, 0) is 31.4 Å². The van der Waals surface area contributed by atoms with E-state index in [9.17, 15) is 0 Å². The molecule has 2 N–H and O–H groups in total. The molecule has 2 heterocycles. The van der Waals surface area contributed by atoms with Crippen molar-refractivity contribution in [3.8, 4) is 17.4 Å². The van der Waals surface area contributed by atoms with Crippen molar-refractivity contribution in [1.29, 1.82) is 0 Å². The van der Waals surface area contributed by atoms with Crippen LogP contribution in [0, 0.1) is 6.92 Å². The summed E-state index contributed by atoms with van der Waals surface area (Å²) in [4.78, 5) is 8.14. The van der Waals surface area contributed by atoms with E-state index >= 15 is 0 Å². The lowest BCUT2D eigenvalue weighted by Gasteiger charge is -2.13. The molecule has 20 heavy (non-hydrogen) atoms. The van der Waals surface area contributed by atoms with Crippen molar-refractivity contribution in [2.75, 3.05) is 12.3 Å². The molecule has 4 rings (SSSR count). The van der Waals surface area contributed by atoms with Gasteiger partial charge in [-0.1, -0.05) is 6.07 Å². The fraction of sp³-hybridized carbons (Fsp3) is 0.333. The van der Waals surface area contributed by atoms with E-state index in [2.05, 4.69) is 16.9 Å². The third-order valence-corrected chi connectivity index (χ3v) is 4.06. The highest BCUT2D eigenvalue weighted by Gasteiger charge is 2.53. The molecule has 0 saturated heterocycles. The zero-order chi connectivity index (χ0) is 13.7. The first-order chi connectivity index (χ1) is 9.68. The first kappa shape index (κ1) is 11.5. The van der Waals surface area contributed by atoms with Crippen molar-refractivity contribution >= 4 is 5.82 Å².